The first-order valence-electron chi connectivity index (χ1n) is 8.12. The zero-order valence-corrected chi connectivity index (χ0v) is 13.5. The molecule has 1 fully saturated rings. The number of nitrogens with zero attached hydrogens (tertiary/aromatic N) is 2. The third kappa shape index (κ3) is 4.78. The molecule has 0 aliphatic carbocycles. The quantitative estimate of drug-likeness (QED) is 0.846. The summed E-state index contributed by atoms with van der Waals surface area (Å²) in [5.41, 5.74) is 0.840. The van der Waals surface area contributed by atoms with Crippen molar-refractivity contribution < 1.29 is 14.4 Å². The van der Waals surface area contributed by atoms with Gasteiger partial charge in [0, 0.05) is 37.8 Å². The minimum Gasteiger partial charge on any atom is -0.439 e. The molecule has 3 rings (SSSR count). The number of aromatic nitrogens is 1. The van der Waals surface area contributed by atoms with Gasteiger partial charge in [-0.3, -0.25) is 9.63 Å². The smallest absolute Gasteiger partial charge is 0.224 e. The maximum absolute atomic E-state index is 12.0. The van der Waals surface area contributed by atoms with Crippen molar-refractivity contribution in [2.24, 2.45) is 0 Å². The third-order valence-electron chi connectivity index (χ3n) is 3.70. The Morgan fingerprint density at radius 3 is 2.92 bits per heavy atom. The summed E-state index contributed by atoms with van der Waals surface area (Å²) >= 11 is 0. The van der Waals surface area contributed by atoms with Crippen LogP contribution in [0.15, 0.2) is 48.7 Å². The maximum atomic E-state index is 12.0. The lowest BCUT2D eigenvalue weighted by Gasteiger charge is -2.14. The highest BCUT2D eigenvalue weighted by Crippen LogP contribution is 2.22. The minimum absolute atomic E-state index is 0.0139. The molecule has 1 aromatic heterocycles. The van der Waals surface area contributed by atoms with E-state index < -0.39 is 0 Å². The van der Waals surface area contributed by atoms with Crippen LogP contribution in [0.2, 0.25) is 0 Å². The van der Waals surface area contributed by atoms with Gasteiger partial charge in [-0.25, -0.2) is 4.98 Å². The molecule has 0 bridgehead atoms. The molecule has 24 heavy (non-hydrogen) atoms. The Morgan fingerprint density at radius 2 is 2.12 bits per heavy atom. The van der Waals surface area contributed by atoms with E-state index in [4.69, 9.17) is 9.57 Å². The number of hydroxylamine groups is 2. The number of carbonyl (C=O) groups is 1. The molecule has 0 spiro atoms. The van der Waals surface area contributed by atoms with E-state index >= 15 is 0 Å². The molecule has 2 aromatic rings. The molecule has 1 aliphatic rings. The highest BCUT2D eigenvalue weighted by atomic mass is 16.7. The van der Waals surface area contributed by atoms with E-state index in [0.717, 1.165) is 30.9 Å². The number of rotatable bonds is 7. The lowest BCUT2D eigenvalue weighted by molar-refractivity contribution is -0.130. The zero-order valence-electron chi connectivity index (χ0n) is 13.5. The van der Waals surface area contributed by atoms with Gasteiger partial charge in [0.05, 0.1) is 6.61 Å². The van der Waals surface area contributed by atoms with Crippen molar-refractivity contribution in [1.29, 1.82) is 0 Å². The summed E-state index contributed by atoms with van der Waals surface area (Å²) in [4.78, 5) is 21.6. The highest BCUT2D eigenvalue weighted by Gasteiger charge is 2.14. The van der Waals surface area contributed by atoms with Gasteiger partial charge in [0.1, 0.15) is 5.75 Å². The van der Waals surface area contributed by atoms with Crippen LogP contribution in [0.25, 0.3) is 0 Å². The number of carbonyl (C=O) groups excluding carboxylic acids is 1. The highest BCUT2D eigenvalue weighted by molar-refractivity contribution is 5.76. The van der Waals surface area contributed by atoms with Crippen LogP contribution in [0.4, 0.5) is 0 Å². The molecule has 0 radical (unpaired) electrons. The van der Waals surface area contributed by atoms with Gasteiger partial charge in [-0.05, 0) is 24.6 Å². The molecular formula is C18H21N3O3. The molecule has 126 valence electrons. The topological polar surface area (TPSA) is 63.7 Å². The molecule has 1 N–H and O–H groups in total. The molecule has 6 nitrogen and oxygen atoms in total. The third-order valence-corrected chi connectivity index (χ3v) is 3.70. The maximum Gasteiger partial charge on any atom is 0.224 e. The van der Waals surface area contributed by atoms with Crippen LogP contribution in [0.1, 0.15) is 18.4 Å². The summed E-state index contributed by atoms with van der Waals surface area (Å²) in [7, 11) is 0. The van der Waals surface area contributed by atoms with Crippen LogP contribution in [0, 0.1) is 0 Å². The van der Waals surface area contributed by atoms with Crippen molar-refractivity contribution in [3.63, 3.8) is 0 Å². The zero-order chi connectivity index (χ0) is 16.6. The first-order valence-corrected chi connectivity index (χ1v) is 8.12. The van der Waals surface area contributed by atoms with Gasteiger partial charge in [0.15, 0.2) is 0 Å². The Balaban J connectivity index is 1.52. The second-order valence-electron chi connectivity index (χ2n) is 5.53. The number of pyridine rings is 1. The van der Waals surface area contributed by atoms with Crippen LogP contribution >= 0.6 is 0 Å². The second-order valence-corrected chi connectivity index (χ2v) is 5.53. The lowest BCUT2D eigenvalue weighted by Crippen LogP contribution is -2.28. The Bertz CT molecular complexity index is 658. The molecule has 0 atom stereocenters. The standard InChI is InChI=1S/C18H21N3O3/c22-17(9-12-21-11-5-13-23-21)20-14-15-6-4-10-19-18(15)24-16-7-2-1-3-8-16/h1-4,6-8,10H,5,9,11-14H2,(H,20,22). The summed E-state index contributed by atoms with van der Waals surface area (Å²) in [6.07, 6.45) is 3.11. The summed E-state index contributed by atoms with van der Waals surface area (Å²) in [6, 6.07) is 13.2. The van der Waals surface area contributed by atoms with Gasteiger partial charge in [-0.2, -0.15) is 5.06 Å². The molecule has 1 aromatic carbocycles. The van der Waals surface area contributed by atoms with Gasteiger partial charge in [0.25, 0.3) is 0 Å². The normalized spacial score (nSPS) is 14.5. The fraction of sp³-hybridized carbons (Fsp3) is 0.333. The average Bonchev–Trinajstić information content (AvgIpc) is 3.14. The first kappa shape index (κ1) is 16.4. The van der Waals surface area contributed by atoms with Gasteiger partial charge < -0.3 is 10.1 Å². The predicted molar refractivity (Wildman–Crippen MR) is 89.4 cm³/mol. The van der Waals surface area contributed by atoms with Crippen molar-refractivity contribution in [2.45, 2.75) is 19.4 Å². The summed E-state index contributed by atoms with van der Waals surface area (Å²) in [5.74, 6) is 1.21. The van der Waals surface area contributed by atoms with Crippen LogP contribution in [-0.2, 0) is 16.2 Å². The number of hydrogen-bond donors (Lipinski definition) is 1. The summed E-state index contributed by atoms with van der Waals surface area (Å²) in [6.45, 7) is 2.64. The molecule has 1 amide bonds. The van der Waals surface area contributed by atoms with Crippen LogP contribution in [0.3, 0.4) is 0 Å². The second kappa shape index (κ2) is 8.42. The average molecular weight is 327 g/mol. The lowest BCUT2D eigenvalue weighted by atomic mass is 10.2. The van der Waals surface area contributed by atoms with Crippen LogP contribution in [-0.4, -0.2) is 35.7 Å². The van der Waals surface area contributed by atoms with E-state index in [1.54, 1.807) is 6.20 Å². The molecule has 2 heterocycles. The Morgan fingerprint density at radius 1 is 1.25 bits per heavy atom. The van der Waals surface area contributed by atoms with Gasteiger partial charge in [0.2, 0.25) is 11.8 Å². The van der Waals surface area contributed by atoms with Crippen molar-refractivity contribution in [3.05, 3.63) is 54.2 Å². The number of benzene rings is 1. The molecule has 0 saturated carbocycles. The van der Waals surface area contributed by atoms with Crippen molar-refractivity contribution >= 4 is 5.91 Å². The van der Waals surface area contributed by atoms with E-state index in [-0.39, 0.29) is 5.91 Å². The molecule has 1 saturated heterocycles. The van der Waals surface area contributed by atoms with E-state index in [9.17, 15) is 4.79 Å². The number of para-hydroxylation sites is 1. The van der Waals surface area contributed by atoms with Crippen molar-refractivity contribution in [2.75, 3.05) is 19.7 Å². The number of nitrogens with one attached hydrogen (secondary N) is 1. The number of hydrogen-bond acceptors (Lipinski definition) is 5. The molecule has 0 unspecified atom stereocenters. The fourth-order valence-electron chi connectivity index (χ4n) is 2.43. The van der Waals surface area contributed by atoms with Crippen molar-refractivity contribution in [3.8, 4) is 11.6 Å². The van der Waals surface area contributed by atoms with Gasteiger partial charge >= 0.3 is 0 Å². The molecule has 6 heteroatoms. The summed E-state index contributed by atoms with van der Waals surface area (Å²) in [5, 5.41) is 4.75. The molecule has 1 aliphatic heterocycles. The van der Waals surface area contributed by atoms with Crippen molar-refractivity contribution in [1.82, 2.24) is 15.4 Å². The SMILES string of the molecule is O=C(CCN1CCCO1)NCc1cccnc1Oc1ccccc1. The van der Waals surface area contributed by atoms with Gasteiger partial charge in [-0.1, -0.05) is 24.3 Å². The molecular weight excluding hydrogens is 306 g/mol. The van der Waals surface area contributed by atoms with E-state index in [1.807, 2.05) is 47.5 Å². The first-order chi connectivity index (χ1) is 11.8. The number of ether oxygens (including phenoxy) is 1. The van der Waals surface area contributed by atoms with E-state index in [2.05, 4.69) is 10.3 Å². The Kier molecular flexibility index (Phi) is 5.76. The Hall–Kier alpha value is -2.44. The number of amides is 1. The summed E-state index contributed by atoms with van der Waals surface area (Å²) < 4.78 is 5.79. The van der Waals surface area contributed by atoms with Crippen LogP contribution in [0.5, 0.6) is 11.6 Å². The van der Waals surface area contributed by atoms with Gasteiger partial charge in [-0.15, -0.1) is 0 Å². The van der Waals surface area contributed by atoms with E-state index in [0.29, 0.717) is 25.4 Å². The monoisotopic (exact) mass is 327 g/mol. The largest absolute Gasteiger partial charge is 0.439 e. The van der Waals surface area contributed by atoms with Crippen LogP contribution < -0.4 is 10.1 Å². The Labute approximate surface area is 141 Å². The predicted octanol–water partition coefficient (Wildman–Crippen LogP) is 2.52. The minimum atomic E-state index is -0.0139. The van der Waals surface area contributed by atoms with E-state index in [1.165, 1.54) is 0 Å². The fourth-order valence-corrected chi connectivity index (χ4v) is 2.43.